The molecular formula is C12H15ClN2O2. The van der Waals surface area contributed by atoms with Gasteiger partial charge in [-0.2, -0.15) is 0 Å². The van der Waals surface area contributed by atoms with Gasteiger partial charge in [-0.3, -0.25) is 4.79 Å². The summed E-state index contributed by atoms with van der Waals surface area (Å²) in [5.74, 6) is 0.216. The lowest BCUT2D eigenvalue weighted by Crippen LogP contribution is -2.29. The van der Waals surface area contributed by atoms with Crippen LogP contribution in [0.2, 0.25) is 5.02 Å². The minimum atomic E-state index is -0.186. The fourth-order valence-electron chi connectivity index (χ4n) is 1.79. The summed E-state index contributed by atoms with van der Waals surface area (Å²) in [4.78, 5) is 11.9. The minimum Gasteiger partial charge on any atom is -0.399 e. The summed E-state index contributed by atoms with van der Waals surface area (Å²) >= 11 is 5.95. The first-order chi connectivity index (χ1) is 8.16. The Morgan fingerprint density at radius 2 is 2.41 bits per heavy atom. The van der Waals surface area contributed by atoms with Gasteiger partial charge in [0.15, 0.2) is 0 Å². The Kier molecular flexibility index (Phi) is 3.86. The van der Waals surface area contributed by atoms with Gasteiger partial charge in [-0.05, 0) is 24.6 Å². The number of hydrogen-bond donors (Lipinski definition) is 2. The zero-order valence-corrected chi connectivity index (χ0v) is 10.2. The Morgan fingerprint density at radius 3 is 3.12 bits per heavy atom. The molecule has 1 aromatic carbocycles. The summed E-state index contributed by atoms with van der Waals surface area (Å²) in [6, 6.07) is 4.89. The second-order valence-corrected chi connectivity index (χ2v) is 4.59. The lowest BCUT2D eigenvalue weighted by Gasteiger charge is -2.10. The number of ether oxygens (including phenoxy) is 1. The van der Waals surface area contributed by atoms with Gasteiger partial charge in [0.05, 0.1) is 17.2 Å². The number of nitrogens with two attached hydrogens (primary N) is 1. The summed E-state index contributed by atoms with van der Waals surface area (Å²) < 4.78 is 5.24. The molecule has 17 heavy (non-hydrogen) atoms. The van der Waals surface area contributed by atoms with Crippen molar-refractivity contribution in [1.29, 1.82) is 0 Å². The lowest BCUT2D eigenvalue weighted by molar-refractivity contribution is 0.0945. The van der Waals surface area contributed by atoms with E-state index in [4.69, 9.17) is 22.1 Å². The summed E-state index contributed by atoms with van der Waals surface area (Å²) in [5, 5.41) is 3.27. The number of rotatable bonds is 3. The van der Waals surface area contributed by atoms with Gasteiger partial charge in [-0.25, -0.2) is 0 Å². The van der Waals surface area contributed by atoms with E-state index in [-0.39, 0.29) is 5.91 Å². The molecule has 1 aliphatic rings. The summed E-state index contributed by atoms with van der Waals surface area (Å²) in [7, 11) is 0. The molecule has 0 aromatic heterocycles. The molecule has 0 spiro atoms. The summed E-state index contributed by atoms with van der Waals surface area (Å²) in [6.07, 6.45) is 0.991. The molecule has 1 amide bonds. The predicted molar refractivity (Wildman–Crippen MR) is 67.1 cm³/mol. The van der Waals surface area contributed by atoms with Crippen LogP contribution in [0.3, 0.4) is 0 Å². The highest BCUT2D eigenvalue weighted by molar-refractivity contribution is 6.34. The number of amides is 1. The Labute approximate surface area is 105 Å². The molecular weight excluding hydrogens is 240 g/mol. The Morgan fingerprint density at radius 1 is 1.59 bits per heavy atom. The third-order valence-corrected chi connectivity index (χ3v) is 3.14. The maximum Gasteiger partial charge on any atom is 0.252 e. The molecule has 0 bridgehead atoms. The minimum absolute atomic E-state index is 0.186. The van der Waals surface area contributed by atoms with E-state index < -0.39 is 0 Å². The first kappa shape index (κ1) is 12.2. The molecule has 1 saturated heterocycles. The number of halogens is 1. The molecule has 3 N–H and O–H groups in total. The highest BCUT2D eigenvalue weighted by Gasteiger charge is 2.17. The van der Waals surface area contributed by atoms with Crippen LogP contribution in [0.25, 0.3) is 0 Å². The lowest BCUT2D eigenvalue weighted by atomic mass is 10.1. The van der Waals surface area contributed by atoms with E-state index in [0.29, 0.717) is 35.3 Å². The van der Waals surface area contributed by atoms with Crippen molar-refractivity contribution >= 4 is 23.2 Å². The first-order valence-corrected chi connectivity index (χ1v) is 5.95. The van der Waals surface area contributed by atoms with Crippen LogP contribution in [0.15, 0.2) is 18.2 Å². The highest BCUT2D eigenvalue weighted by Crippen LogP contribution is 2.19. The van der Waals surface area contributed by atoms with E-state index in [1.165, 1.54) is 0 Å². The van der Waals surface area contributed by atoms with Gasteiger partial charge in [0.1, 0.15) is 0 Å². The van der Waals surface area contributed by atoms with Gasteiger partial charge >= 0.3 is 0 Å². The van der Waals surface area contributed by atoms with E-state index in [9.17, 15) is 4.79 Å². The quantitative estimate of drug-likeness (QED) is 0.807. The summed E-state index contributed by atoms with van der Waals surface area (Å²) in [5.41, 5.74) is 6.58. The van der Waals surface area contributed by atoms with Crippen molar-refractivity contribution in [2.45, 2.75) is 6.42 Å². The topological polar surface area (TPSA) is 64.4 Å². The van der Waals surface area contributed by atoms with E-state index in [1.807, 2.05) is 0 Å². The fraction of sp³-hybridized carbons (Fsp3) is 0.417. The van der Waals surface area contributed by atoms with Crippen LogP contribution in [-0.4, -0.2) is 25.7 Å². The molecule has 5 heteroatoms. The van der Waals surface area contributed by atoms with Crippen molar-refractivity contribution in [1.82, 2.24) is 5.32 Å². The molecule has 1 unspecified atom stereocenters. The zero-order valence-electron chi connectivity index (χ0n) is 9.41. The smallest absolute Gasteiger partial charge is 0.252 e. The predicted octanol–water partition coefficient (Wildman–Crippen LogP) is 1.69. The first-order valence-electron chi connectivity index (χ1n) is 5.58. The third-order valence-electron chi connectivity index (χ3n) is 2.81. The highest BCUT2D eigenvalue weighted by atomic mass is 35.5. The molecule has 0 aliphatic carbocycles. The Hall–Kier alpha value is -1.26. The van der Waals surface area contributed by atoms with Crippen LogP contribution in [0, 0.1) is 5.92 Å². The second kappa shape index (κ2) is 5.38. The standard InChI is InChI=1S/C12H15ClN2O2/c13-11-2-1-9(14)5-10(11)12(16)15-6-8-3-4-17-7-8/h1-2,5,8H,3-4,6-7,14H2,(H,15,16). The molecule has 92 valence electrons. The van der Waals surface area contributed by atoms with E-state index >= 15 is 0 Å². The largest absolute Gasteiger partial charge is 0.399 e. The molecule has 1 fully saturated rings. The average Bonchev–Trinajstić information content (AvgIpc) is 2.82. The number of nitrogen functional groups attached to an aromatic ring is 1. The summed E-state index contributed by atoms with van der Waals surface area (Å²) in [6.45, 7) is 2.11. The number of hydrogen-bond acceptors (Lipinski definition) is 3. The van der Waals surface area contributed by atoms with Crippen LogP contribution in [0.1, 0.15) is 16.8 Å². The number of carbonyl (C=O) groups excluding carboxylic acids is 1. The van der Waals surface area contributed by atoms with Crippen LogP contribution in [-0.2, 0) is 4.74 Å². The molecule has 0 saturated carbocycles. The number of benzene rings is 1. The van der Waals surface area contributed by atoms with Crippen molar-refractivity contribution < 1.29 is 9.53 Å². The van der Waals surface area contributed by atoms with Gasteiger partial charge in [0.25, 0.3) is 5.91 Å². The SMILES string of the molecule is Nc1ccc(Cl)c(C(=O)NCC2CCOC2)c1. The van der Waals surface area contributed by atoms with E-state index in [1.54, 1.807) is 18.2 Å². The number of nitrogens with one attached hydrogen (secondary N) is 1. The van der Waals surface area contributed by atoms with Gasteiger partial charge in [0, 0.05) is 24.8 Å². The molecule has 1 aliphatic heterocycles. The van der Waals surface area contributed by atoms with Crippen LogP contribution in [0.4, 0.5) is 5.69 Å². The normalized spacial score (nSPS) is 19.2. The molecule has 1 heterocycles. The van der Waals surface area contributed by atoms with E-state index in [0.717, 1.165) is 13.0 Å². The maximum absolute atomic E-state index is 11.9. The zero-order chi connectivity index (χ0) is 12.3. The van der Waals surface area contributed by atoms with Gasteiger partial charge < -0.3 is 15.8 Å². The third kappa shape index (κ3) is 3.11. The maximum atomic E-state index is 11.9. The van der Waals surface area contributed by atoms with Gasteiger partial charge in [0.2, 0.25) is 0 Å². The van der Waals surface area contributed by atoms with Crippen molar-refractivity contribution in [2.24, 2.45) is 5.92 Å². The van der Waals surface area contributed by atoms with E-state index in [2.05, 4.69) is 5.32 Å². The molecule has 1 atom stereocenters. The van der Waals surface area contributed by atoms with Gasteiger partial charge in [-0.15, -0.1) is 0 Å². The van der Waals surface area contributed by atoms with Crippen molar-refractivity contribution in [3.8, 4) is 0 Å². The van der Waals surface area contributed by atoms with Crippen molar-refractivity contribution in [2.75, 3.05) is 25.5 Å². The number of anilines is 1. The monoisotopic (exact) mass is 254 g/mol. The van der Waals surface area contributed by atoms with Crippen molar-refractivity contribution in [3.05, 3.63) is 28.8 Å². The van der Waals surface area contributed by atoms with Gasteiger partial charge in [-0.1, -0.05) is 11.6 Å². The molecule has 2 rings (SSSR count). The van der Waals surface area contributed by atoms with Crippen LogP contribution in [0.5, 0.6) is 0 Å². The molecule has 1 aromatic rings. The Bertz CT molecular complexity index is 417. The fourth-order valence-corrected chi connectivity index (χ4v) is 2.00. The van der Waals surface area contributed by atoms with Crippen molar-refractivity contribution in [3.63, 3.8) is 0 Å². The van der Waals surface area contributed by atoms with Crippen LogP contribution < -0.4 is 11.1 Å². The second-order valence-electron chi connectivity index (χ2n) is 4.18. The van der Waals surface area contributed by atoms with Crippen LogP contribution >= 0.6 is 11.6 Å². The molecule has 0 radical (unpaired) electrons. The number of carbonyl (C=O) groups is 1. The molecule has 4 nitrogen and oxygen atoms in total. The average molecular weight is 255 g/mol. The Balaban J connectivity index is 1.96.